The Balaban J connectivity index is 1.61. The van der Waals surface area contributed by atoms with Gasteiger partial charge in [0.15, 0.2) is 0 Å². The third kappa shape index (κ3) is 6.53. The van der Waals surface area contributed by atoms with Gasteiger partial charge >= 0.3 is 11.4 Å². The van der Waals surface area contributed by atoms with Crippen LogP contribution >= 0.6 is 11.6 Å². The highest BCUT2D eigenvalue weighted by Crippen LogP contribution is 2.24. The summed E-state index contributed by atoms with van der Waals surface area (Å²) in [6, 6.07) is 17.1. The van der Waals surface area contributed by atoms with Crippen LogP contribution in [0.4, 0.5) is 11.6 Å². The molecule has 37 heavy (non-hydrogen) atoms. The largest absolute Gasteiger partial charge is 0.481 e. The number of hydrogen-bond acceptors (Lipinski definition) is 9. The Morgan fingerprint density at radius 1 is 1.00 bits per heavy atom. The topological polar surface area (TPSA) is 141 Å². The molecule has 0 aliphatic heterocycles. The van der Waals surface area contributed by atoms with Crippen LogP contribution in [-0.4, -0.2) is 49.1 Å². The fourth-order valence-electron chi connectivity index (χ4n) is 3.38. The molecule has 4 aromatic rings. The van der Waals surface area contributed by atoms with Crippen LogP contribution in [0.15, 0.2) is 76.4 Å². The zero-order valence-corrected chi connectivity index (χ0v) is 20.5. The number of aliphatic hydroxyl groups excluding tert-OH is 2. The zero-order chi connectivity index (χ0) is 26.4. The number of methoxy groups -OCH3 is 1. The van der Waals surface area contributed by atoms with Gasteiger partial charge in [-0.25, -0.2) is 19.1 Å². The lowest BCUT2D eigenvalue weighted by Crippen LogP contribution is -2.45. The molecule has 0 radical (unpaired) electrons. The number of pyridine rings is 1. The van der Waals surface area contributed by atoms with Crippen molar-refractivity contribution in [2.45, 2.75) is 19.2 Å². The van der Waals surface area contributed by atoms with E-state index >= 15 is 0 Å². The summed E-state index contributed by atoms with van der Waals surface area (Å²) >= 11 is 5.97. The van der Waals surface area contributed by atoms with Crippen molar-refractivity contribution >= 4 is 23.2 Å². The van der Waals surface area contributed by atoms with E-state index in [1.165, 1.54) is 17.9 Å². The van der Waals surface area contributed by atoms with Crippen molar-refractivity contribution in [2.75, 3.05) is 19.0 Å². The first-order chi connectivity index (χ1) is 17.9. The second-order valence-corrected chi connectivity index (χ2v) is 8.38. The smallest absolute Gasteiger partial charge is 0.355 e. The van der Waals surface area contributed by atoms with Gasteiger partial charge in [0.05, 0.1) is 39.1 Å². The van der Waals surface area contributed by atoms with Crippen LogP contribution < -0.4 is 26.2 Å². The van der Waals surface area contributed by atoms with Crippen LogP contribution in [0.3, 0.4) is 0 Å². The van der Waals surface area contributed by atoms with Crippen molar-refractivity contribution in [1.29, 1.82) is 0 Å². The maximum Gasteiger partial charge on any atom is 0.355 e. The number of hydrogen-bond donors (Lipinski definition) is 3. The standard InChI is InChI=1S/C25H24ClN5O6/c1-36-22-11-10-21(12-27-22)37-20-8-6-18(7-9-20)28-23-29-24(34)31(14-19(33)15-32)25(35)30(23)13-16-2-4-17(26)5-3-16/h2-12,19,32-33H,13-15H2,1H3,(H,28,29,34)/t19-/m0/s1. The summed E-state index contributed by atoms with van der Waals surface area (Å²) in [5.74, 6) is 1.54. The summed E-state index contributed by atoms with van der Waals surface area (Å²) in [5.41, 5.74) is -0.276. The van der Waals surface area contributed by atoms with Crippen LogP contribution in [0, 0.1) is 0 Å². The van der Waals surface area contributed by atoms with Crippen molar-refractivity contribution in [3.8, 4) is 17.4 Å². The number of nitrogens with one attached hydrogen (secondary N) is 1. The molecule has 4 rings (SSSR count). The second kappa shape index (κ2) is 11.7. The van der Waals surface area contributed by atoms with Gasteiger partial charge in [-0.3, -0.25) is 4.57 Å². The number of aliphatic hydroxyl groups is 2. The van der Waals surface area contributed by atoms with Crippen molar-refractivity contribution in [2.24, 2.45) is 0 Å². The highest BCUT2D eigenvalue weighted by Gasteiger charge is 2.16. The minimum Gasteiger partial charge on any atom is -0.481 e. The van der Waals surface area contributed by atoms with E-state index in [-0.39, 0.29) is 12.5 Å². The first-order valence-corrected chi connectivity index (χ1v) is 11.5. The molecular formula is C25H24ClN5O6. The Morgan fingerprint density at radius 3 is 2.32 bits per heavy atom. The molecule has 2 aromatic carbocycles. The first-order valence-electron chi connectivity index (χ1n) is 11.2. The van der Waals surface area contributed by atoms with Gasteiger partial charge in [-0.2, -0.15) is 4.98 Å². The Labute approximate surface area is 216 Å². The number of anilines is 2. The average molecular weight is 526 g/mol. The van der Waals surface area contributed by atoms with E-state index in [1.54, 1.807) is 60.7 Å². The maximum atomic E-state index is 13.2. The van der Waals surface area contributed by atoms with Crippen molar-refractivity contribution in [3.05, 3.63) is 98.4 Å². The second-order valence-electron chi connectivity index (χ2n) is 7.95. The third-order valence-corrected chi connectivity index (χ3v) is 5.52. The molecule has 192 valence electrons. The molecular weight excluding hydrogens is 502 g/mol. The molecule has 0 amide bonds. The minimum atomic E-state index is -1.29. The maximum absolute atomic E-state index is 13.2. The van der Waals surface area contributed by atoms with Gasteiger partial charge in [-0.05, 0) is 48.0 Å². The number of nitrogens with zero attached hydrogens (tertiary/aromatic N) is 4. The summed E-state index contributed by atoms with van der Waals surface area (Å²) in [6.07, 6.45) is 0.246. The van der Waals surface area contributed by atoms with E-state index in [0.717, 1.165) is 10.1 Å². The molecule has 0 saturated heterocycles. The van der Waals surface area contributed by atoms with Gasteiger partial charge in [0.25, 0.3) is 0 Å². The lowest BCUT2D eigenvalue weighted by atomic mass is 10.2. The van der Waals surface area contributed by atoms with Gasteiger partial charge in [-0.15, -0.1) is 0 Å². The van der Waals surface area contributed by atoms with Crippen molar-refractivity contribution in [3.63, 3.8) is 0 Å². The van der Waals surface area contributed by atoms with Gasteiger partial charge in [0.1, 0.15) is 11.5 Å². The van der Waals surface area contributed by atoms with Crippen LogP contribution in [-0.2, 0) is 13.1 Å². The molecule has 3 N–H and O–H groups in total. The lowest BCUT2D eigenvalue weighted by molar-refractivity contribution is 0.0785. The average Bonchev–Trinajstić information content (AvgIpc) is 2.91. The number of ether oxygens (including phenoxy) is 2. The Bertz CT molecular complexity index is 1450. The Kier molecular flexibility index (Phi) is 8.18. The van der Waals surface area contributed by atoms with Crippen LogP contribution in [0.1, 0.15) is 5.56 Å². The fourth-order valence-corrected chi connectivity index (χ4v) is 3.51. The molecule has 2 heterocycles. The van der Waals surface area contributed by atoms with E-state index in [1.807, 2.05) is 0 Å². The first kappa shape index (κ1) is 25.9. The van der Waals surface area contributed by atoms with E-state index in [0.29, 0.717) is 28.1 Å². The van der Waals surface area contributed by atoms with E-state index in [9.17, 15) is 14.7 Å². The molecule has 0 aliphatic carbocycles. The molecule has 0 unspecified atom stereocenters. The predicted molar refractivity (Wildman–Crippen MR) is 137 cm³/mol. The lowest BCUT2D eigenvalue weighted by Gasteiger charge is -2.17. The predicted octanol–water partition coefficient (Wildman–Crippen LogP) is 2.40. The zero-order valence-electron chi connectivity index (χ0n) is 19.7. The van der Waals surface area contributed by atoms with Crippen molar-refractivity contribution in [1.82, 2.24) is 19.1 Å². The molecule has 0 fully saturated rings. The summed E-state index contributed by atoms with van der Waals surface area (Å²) in [6.45, 7) is -0.926. The molecule has 0 saturated carbocycles. The normalized spacial score (nSPS) is 11.7. The molecule has 11 nitrogen and oxygen atoms in total. The summed E-state index contributed by atoms with van der Waals surface area (Å²) in [5, 5.41) is 22.5. The van der Waals surface area contributed by atoms with Crippen LogP contribution in [0.25, 0.3) is 0 Å². The summed E-state index contributed by atoms with van der Waals surface area (Å²) in [4.78, 5) is 33.9. The minimum absolute atomic E-state index is 0.00714. The van der Waals surface area contributed by atoms with Gasteiger partial charge < -0.3 is 25.0 Å². The summed E-state index contributed by atoms with van der Waals surface area (Å²) in [7, 11) is 1.53. The number of halogens is 1. The number of benzene rings is 2. The third-order valence-electron chi connectivity index (χ3n) is 5.27. The quantitative estimate of drug-likeness (QED) is 0.284. The highest BCUT2D eigenvalue weighted by atomic mass is 35.5. The molecule has 2 aromatic heterocycles. The van der Waals surface area contributed by atoms with Crippen LogP contribution in [0.5, 0.6) is 17.4 Å². The molecule has 0 spiro atoms. The summed E-state index contributed by atoms with van der Waals surface area (Å²) < 4.78 is 12.9. The van der Waals surface area contributed by atoms with E-state index in [2.05, 4.69) is 15.3 Å². The van der Waals surface area contributed by atoms with Crippen molar-refractivity contribution < 1.29 is 19.7 Å². The molecule has 0 aliphatic rings. The molecule has 1 atom stereocenters. The number of aromatic nitrogens is 4. The molecule has 0 bridgehead atoms. The van der Waals surface area contributed by atoms with Gasteiger partial charge in [0.2, 0.25) is 11.8 Å². The Hall–Kier alpha value is -4.19. The number of rotatable bonds is 10. The SMILES string of the molecule is COc1ccc(Oc2ccc(Nc3nc(=O)n(C[C@H](O)CO)c(=O)n3Cc3ccc(Cl)cc3)cc2)cn1. The molecule has 12 heteroatoms. The van der Waals surface area contributed by atoms with Gasteiger partial charge in [-0.1, -0.05) is 23.7 Å². The van der Waals surface area contributed by atoms with E-state index < -0.39 is 30.6 Å². The monoisotopic (exact) mass is 525 g/mol. The van der Waals surface area contributed by atoms with E-state index in [4.69, 9.17) is 26.2 Å². The van der Waals surface area contributed by atoms with Gasteiger partial charge in [0, 0.05) is 16.8 Å². The fraction of sp³-hybridized carbons (Fsp3) is 0.200. The highest BCUT2D eigenvalue weighted by molar-refractivity contribution is 6.30. The Morgan fingerprint density at radius 2 is 1.70 bits per heavy atom. The van der Waals surface area contributed by atoms with Crippen LogP contribution in [0.2, 0.25) is 5.02 Å².